The second-order valence-corrected chi connectivity index (χ2v) is 8.79. The summed E-state index contributed by atoms with van der Waals surface area (Å²) in [6, 6.07) is 7.80. The van der Waals surface area contributed by atoms with Gasteiger partial charge in [0, 0.05) is 53.0 Å². The predicted octanol–water partition coefficient (Wildman–Crippen LogP) is 3.25. The van der Waals surface area contributed by atoms with Gasteiger partial charge in [0.15, 0.2) is 5.96 Å². The van der Waals surface area contributed by atoms with E-state index >= 15 is 0 Å². The maximum Gasteiger partial charge on any atom is 0.321 e. The Balaban J connectivity index is 0.00000363. The van der Waals surface area contributed by atoms with Crippen molar-refractivity contribution >= 4 is 47.6 Å². The highest BCUT2D eigenvalue weighted by Gasteiger charge is 2.42. The van der Waals surface area contributed by atoms with E-state index in [0.717, 1.165) is 62.9 Å². The van der Waals surface area contributed by atoms with Crippen LogP contribution < -0.4 is 16.0 Å². The molecule has 1 saturated heterocycles. The maximum atomic E-state index is 12.8. The second-order valence-electron chi connectivity index (χ2n) is 8.79. The third kappa shape index (κ3) is 6.73. The molecule has 0 atom stereocenters. The van der Waals surface area contributed by atoms with Crippen molar-refractivity contribution in [2.75, 3.05) is 46.1 Å². The lowest BCUT2D eigenvalue weighted by molar-refractivity contribution is -0.138. The van der Waals surface area contributed by atoms with Crippen molar-refractivity contribution in [3.05, 3.63) is 29.8 Å². The van der Waals surface area contributed by atoms with Gasteiger partial charge < -0.3 is 25.8 Å². The van der Waals surface area contributed by atoms with E-state index in [4.69, 9.17) is 0 Å². The lowest BCUT2D eigenvalue weighted by atomic mass is 9.84. The van der Waals surface area contributed by atoms with E-state index in [-0.39, 0.29) is 41.3 Å². The van der Waals surface area contributed by atoms with Gasteiger partial charge in [-0.05, 0) is 43.4 Å². The van der Waals surface area contributed by atoms with Crippen LogP contribution in [-0.4, -0.2) is 68.5 Å². The number of urea groups is 1. The monoisotopic (exact) mass is 556 g/mol. The number of likely N-dealkylation sites (tertiary alicyclic amines) is 1. The molecule has 1 aliphatic heterocycles. The number of hydrogen-bond donors (Lipinski definition) is 3. The van der Waals surface area contributed by atoms with E-state index in [9.17, 15) is 9.59 Å². The Morgan fingerprint density at radius 2 is 1.78 bits per heavy atom. The Morgan fingerprint density at radius 1 is 1.09 bits per heavy atom. The molecule has 8 nitrogen and oxygen atoms in total. The van der Waals surface area contributed by atoms with E-state index in [1.165, 1.54) is 0 Å². The fraction of sp³-hybridized carbons (Fsp3) is 0.609. The molecule has 2 aliphatic rings. The van der Waals surface area contributed by atoms with Gasteiger partial charge in [-0.3, -0.25) is 9.79 Å². The van der Waals surface area contributed by atoms with Gasteiger partial charge in [-0.25, -0.2) is 4.79 Å². The molecule has 0 unspecified atom stereocenters. The number of amides is 3. The average molecular weight is 556 g/mol. The molecule has 32 heavy (non-hydrogen) atoms. The minimum Gasteiger partial charge on any atom is -0.355 e. The highest BCUT2D eigenvalue weighted by Crippen LogP contribution is 2.38. The van der Waals surface area contributed by atoms with E-state index < -0.39 is 0 Å². The highest BCUT2D eigenvalue weighted by molar-refractivity contribution is 14.0. The molecule has 0 bridgehead atoms. The summed E-state index contributed by atoms with van der Waals surface area (Å²) in [5, 5.41) is 9.67. The lowest BCUT2D eigenvalue weighted by Gasteiger charge is -2.31. The van der Waals surface area contributed by atoms with Gasteiger partial charge in [-0.2, -0.15) is 0 Å². The molecule has 9 heteroatoms. The first-order valence-electron chi connectivity index (χ1n) is 11.2. The number of rotatable bonds is 6. The van der Waals surface area contributed by atoms with Crippen LogP contribution in [-0.2, 0) is 11.3 Å². The fourth-order valence-electron chi connectivity index (χ4n) is 4.53. The lowest BCUT2D eigenvalue weighted by Crippen LogP contribution is -2.49. The maximum absolute atomic E-state index is 12.8. The zero-order valence-corrected chi connectivity index (χ0v) is 21.8. The largest absolute Gasteiger partial charge is 0.355 e. The number of nitrogens with one attached hydrogen (secondary N) is 3. The molecule has 0 radical (unpaired) electrons. The summed E-state index contributed by atoms with van der Waals surface area (Å²) in [6.45, 7) is 2.80. The molecule has 1 heterocycles. The topological polar surface area (TPSA) is 89.1 Å². The van der Waals surface area contributed by atoms with E-state index in [1.807, 2.05) is 43.3 Å². The summed E-state index contributed by atoms with van der Waals surface area (Å²) in [6.07, 6.45) is 6.14. The van der Waals surface area contributed by atoms with E-state index in [1.54, 1.807) is 11.9 Å². The zero-order valence-electron chi connectivity index (χ0n) is 19.4. The first-order valence-corrected chi connectivity index (χ1v) is 11.2. The number of carbonyl (C=O) groups excluding carboxylic acids is 2. The average Bonchev–Trinajstić information content (AvgIpc) is 3.46. The Hall–Kier alpha value is -2.04. The number of carbonyl (C=O) groups is 2. The number of guanidine groups is 1. The number of aliphatic imine (C=N–C) groups is 1. The van der Waals surface area contributed by atoms with Crippen LogP contribution in [0.4, 0.5) is 10.5 Å². The van der Waals surface area contributed by atoms with Crippen molar-refractivity contribution in [1.82, 2.24) is 20.4 Å². The van der Waals surface area contributed by atoms with Gasteiger partial charge in [0.1, 0.15) is 0 Å². The molecule has 1 aromatic carbocycles. The Labute approximate surface area is 208 Å². The fourth-order valence-corrected chi connectivity index (χ4v) is 4.53. The van der Waals surface area contributed by atoms with Crippen LogP contribution >= 0.6 is 24.0 Å². The number of halogens is 1. The molecule has 178 valence electrons. The smallest absolute Gasteiger partial charge is 0.321 e. The summed E-state index contributed by atoms with van der Waals surface area (Å²) in [4.78, 5) is 32.9. The van der Waals surface area contributed by atoms with Crippen LogP contribution in [0.15, 0.2) is 29.3 Å². The van der Waals surface area contributed by atoms with Crippen LogP contribution in [0.2, 0.25) is 0 Å². The minimum absolute atomic E-state index is 0. The molecule has 0 spiro atoms. The van der Waals surface area contributed by atoms with E-state index in [2.05, 4.69) is 20.9 Å². The van der Waals surface area contributed by atoms with Gasteiger partial charge in [0.2, 0.25) is 5.91 Å². The predicted molar refractivity (Wildman–Crippen MR) is 139 cm³/mol. The quantitative estimate of drug-likeness (QED) is 0.285. The molecule has 2 fully saturated rings. The van der Waals surface area contributed by atoms with Crippen molar-refractivity contribution in [3.63, 3.8) is 0 Å². The van der Waals surface area contributed by atoms with Crippen LogP contribution in [0.1, 0.15) is 44.1 Å². The first-order chi connectivity index (χ1) is 14.9. The second kappa shape index (κ2) is 12.3. The van der Waals surface area contributed by atoms with Gasteiger partial charge in [0.05, 0.1) is 5.41 Å². The van der Waals surface area contributed by atoms with Gasteiger partial charge in [-0.15, -0.1) is 24.0 Å². The van der Waals surface area contributed by atoms with Crippen LogP contribution in [0.3, 0.4) is 0 Å². The van der Waals surface area contributed by atoms with Crippen molar-refractivity contribution in [2.45, 2.75) is 45.1 Å². The third-order valence-corrected chi connectivity index (χ3v) is 6.27. The Bertz CT molecular complexity index is 801. The standard InChI is InChI=1S/C23H36N6O2.HI/c1-24-21(26-17-23(11-4-5-12-23)20(30)28(2)3)25-16-18-9-8-10-19(15-18)27-22(31)29-13-6-7-14-29;/h8-10,15H,4-7,11-14,16-17H2,1-3H3,(H,27,31)(H2,24,25,26);1H. The zero-order chi connectivity index (χ0) is 22.3. The third-order valence-electron chi connectivity index (χ3n) is 6.27. The number of hydrogen-bond acceptors (Lipinski definition) is 3. The van der Waals surface area contributed by atoms with Crippen LogP contribution in [0.5, 0.6) is 0 Å². The summed E-state index contributed by atoms with van der Waals surface area (Å²) >= 11 is 0. The van der Waals surface area contributed by atoms with Gasteiger partial charge >= 0.3 is 6.03 Å². The molecule has 1 aliphatic carbocycles. The number of nitrogens with zero attached hydrogens (tertiary/aromatic N) is 3. The van der Waals surface area contributed by atoms with Crippen LogP contribution in [0, 0.1) is 5.41 Å². The van der Waals surface area contributed by atoms with Crippen molar-refractivity contribution < 1.29 is 9.59 Å². The van der Waals surface area contributed by atoms with Crippen LogP contribution in [0.25, 0.3) is 0 Å². The SMILES string of the molecule is CN=C(NCc1cccc(NC(=O)N2CCCC2)c1)NCC1(C(=O)N(C)C)CCCC1.I. The molecule has 0 aromatic heterocycles. The van der Waals surface area contributed by atoms with Gasteiger partial charge in [-0.1, -0.05) is 25.0 Å². The normalized spacial score (nSPS) is 17.5. The highest BCUT2D eigenvalue weighted by atomic mass is 127. The number of anilines is 1. The van der Waals surface area contributed by atoms with Crippen molar-refractivity contribution in [1.29, 1.82) is 0 Å². The van der Waals surface area contributed by atoms with E-state index in [0.29, 0.717) is 19.0 Å². The molecule has 3 N–H and O–H groups in total. The molecular formula is C23H37IN6O2. The van der Waals surface area contributed by atoms with Crippen molar-refractivity contribution in [2.24, 2.45) is 10.4 Å². The Kier molecular flexibility index (Phi) is 10.0. The summed E-state index contributed by atoms with van der Waals surface area (Å²) in [7, 11) is 5.38. The number of benzene rings is 1. The molecule has 1 saturated carbocycles. The Morgan fingerprint density at radius 3 is 2.41 bits per heavy atom. The molecule has 3 amide bonds. The molecular weight excluding hydrogens is 519 g/mol. The molecule has 1 aromatic rings. The summed E-state index contributed by atoms with van der Waals surface area (Å²) in [5.74, 6) is 0.860. The van der Waals surface area contributed by atoms with Crippen molar-refractivity contribution in [3.8, 4) is 0 Å². The summed E-state index contributed by atoms with van der Waals surface area (Å²) in [5.41, 5.74) is 1.49. The van der Waals surface area contributed by atoms with Gasteiger partial charge in [0.25, 0.3) is 0 Å². The molecule has 3 rings (SSSR count). The minimum atomic E-state index is -0.346. The summed E-state index contributed by atoms with van der Waals surface area (Å²) < 4.78 is 0. The first kappa shape index (κ1) is 26.2.